The van der Waals surface area contributed by atoms with Crippen molar-refractivity contribution in [1.82, 2.24) is 9.97 Å². The van der Waals surface area contributed by atoms with E-state index in [1.807, 2.05) is 42.5 Å². The molecule has 0 unspecified atom stereocenters. The number of hydrogen-bond acceptors (Lipinski definition) is 4. The van der Waals surface area contributed by atoms with Gasteiger partial charge in [0.1, 0.15) is 11.9 Å². The highest BCUT2D eigenvalue weighted by Gasteiger charge is 2.09. The maximum absolute atomic E-state index is 9.49. The van der Waals surface area contributed by atoms with Crippen molar-refractivity contribution in [1.29, 1.82) is 5.26 Å². The lowest BCUT2D eigenvalue weighted by Crippen LogP contribution is -1.83. The van der Waals surface area contributed by atoms with E-state index in [4.69, 9.17) is 0 Å². The van der Waals surface area contributed by atoms with Gasteiger partial charge in [-0.3, -0.25) is 0 Å². The third-order valence-electron chi connectivity index (χ3n) is 3.44. The summed E-state index contributed by atoms with van der Waals surface area (Å²) in [6.45, 7) is 0. The van der Waals surface area contributed by atoms with Crippen molar-refractivity contribution in [3.8, 4) is 15.8 Å². The van der Waals surface area contributed by atoms with Crippen molar-refractivity contribution < 1.29 is 0 Å². The second-order valence-corrected chi connectivity index (χ2v) is 7.01. The Morgan fingerprint density at radius 2 is 2.00 bits per heavy atom. The van der Waals surface area contributed by atoms with Gasteiger partial charge >= 0.3 is 0 Å². The molecule has 0 atom stereocenters. The van der Waals surface area contributed by atoms with Gasteiger partial charge in [0.25, 0.3) is 0 Å². The number of nitrogens with one attached hydrogen (secondary N) is 1. The molecule has 1 N–H and O–H groups in total. The molecular weight excluding hydrogens is 322 g/mol. The highest BCUT2D eigenvalue weighted by atomic mass is 32.1. The van der Waals surface area contributed by atoms with Crippen molar-refractivity contribution in [3.63, 3.8) is 0 Å². The molecule has 23 heavy (non-hydrogen) atoms. The van der Waals surface area contributed by atoms with Gasteiger partial charge in [0.2, 0.25) is 0 Å². The Bertz CT molecular complexity index is 997. The van der Waals surface area contributed by atoms with Crippen molar-refractivity contribution >= 4 is 45.4 Å². The molecule has 0 spiro atoms. The molecule has 0 aliphatic rings. The van der Waals surface area contributed by atoms with Crippen LogP contribution >= 0.6 is 22.7 Å². The van der Waals surface area contributed by atoms with E-state index in [-0.39, 0.29) is 0 Å². The lowest BCUT2D eigenvalue weighted by Gasteiger charge is -1.92. The number of rotatable bonds is 3. The van der Waals surface area contributed by atoms with Crippen LogP contribution in [0.3, 0.4) is 0 Å². The summed E-state index contributed by atoms with van der Waals surface area (Å²) in [5, 5.41) is 11.6. The van der Waals surface area contributed by atoms with E-state index in [9.17, 15) is 5.26 Å². The first-order chi connectivity index (χ1) is 11.3. The van der Waals surface area contributed by atoms with E-state index in [0.717, 1.165) is 15.9 Å². The van der Waals surface area contributed by atoms with Gasteiger partial charge in [0.05, 0.1) is 16.6 Å². The molecule has 0 saturated heterocycles. The van der Waals surface area contributed by atoms with Crippen LogP contribution in [0.4, 0.5) is 0 Å². The normalized spacial score (nSPS) is 11.7. The van der Waals surface area contributed by atoms with Gasteiger partial charge in [-0.25, -0.2) is 4.98 Å². The highest BCUT2D eigenvalue weighted by molar-refractivity contribution is 7.21. The SMILES string of the molecule is N#CC(=Cc1ccc(-c2cccs2)s1)c1nc2ccccc2[nH]1. The quantitative estimate of drug-likeness (QED) is 0.509. The summed E-state index contributed by atoms with van der Waals surface area (Å²) in [4.78, 5) is 11.2. The molecule has 1 aromatic carbocycles. The summed E-state index contributed by atoms with van der Waals surface area (Å²) in [5.74, 6) is 0.611. The smallest absolute Gasteiger partial charge is 0.149 e. The van der Waals surface area contributed by atoms with Gasteiger partial charge in [-0.15, -0.1) is 22.7 Å². The average Bonchev–Trinajstić information content (AvgIpc) is 3.30. The number of benzene rings is 1. The van der Waals surface area contributed by atoms with Crippen LogP contribution in [0, 0.1) is 11.3 Å². The summed E-state index contributed by atoms with van der Waals surface area (Å²) >= 11 is 3.40. The fourth-order valence-electron chi connectivity index (χ4n) is 2.36. The number of H-pyrrole nitrogens is 1. The molecule has 0 aliphatic carbocycles. The molecule has 0 fully saturated rings. The third-order valence-corrected chi connectivity index (χ3v) is 5.54. The summed E-state index contributed by atoms with van der Waals surface area (Å²) < 4.78 is 0. The molecule has 0 aliphatic heterocycles. The van der Waals surface area contributed by atoms with Gasteiger partial charge in [0, 0.05) is 14.6 Å². The fourth-order valence-corrected chi connectivity index (χ4v) is 4.14. The molecule has 0 amide bonds. The maximum atomic E-state index is 9.49. The van der Waals surface area contributed by atoms with Crippen molar-refractivity contribution in [3.05, 3.63) is 64.6 Å². The number of imidazole rings is 1. The van der Waals surface area contributed by atoms with Crippen LogP contribution in [0.2, 0.25) is 0 Å². The topological polar surface area (TPSA) is 52.5 Å². The summed E-state index contributed by atoms with van der Waals surface area (Å²) in [6, 6.07) is 18.3. The van der Waals surface area contributed by atoms with Crippen LogP contribution < -0.4 is 0 Å². The molecule has 5 heteroatoms. The predicted molar refractivity (Wildman–Crippen MR) is 97.2 cm³/mol. The van der Waals surface area contributed by atoms with E-state index >= 15 is 0 Å². The standard InChI is InChI=1S/C18H11N3S2/c19-11-12(18-20-14-4-1-2-5-15(14)21-18)10-13-7-8-17(23-13)16-6-3-9-22-16/h1-10H,(H,20,21). The Labute approximate surface area is 141 Å². The summed E-state index contributed by atoms with van der Waals surface area (Å²) in [7, 11) is 0. The van der Waals surface area contributed by atoms with Gasteiger partial charge in [0.15, 0.2) is 0 Å². The second kappa shape index (κ2) is 5.84. The van der Waals surface area contributed by atoms with Gasteiger partial charge < -0.3 is 4.98 Å². The van der Waals surface area contributed by atoms with Crippen molar-refractivity contribution in [2.75, 3.05) is 0 Å². The molecule has 3 aromatic heterocycles. The molecule has 110 valence electrons. The second-order valence-electron chi connectivity index (χ2n) is 4.95. The average molecular weight is 333 g/mol. The number of aromatic amines is 1. The number of para-hydroxylation sites is 2. The van der Waals surface area contributed by atoms with Crippen LogP contribution in [-0.2, 0) is 0 Å². The van der Waals surface area contributed by atoms with E-state index in [2.05, 4.69) is 33.5 Å². The minimum Gasteiger partial charge on any atom is -0.337 e. The van der Waals surface area contributed by atoms with Crippen LogP contribution in [0.5, 0.6) is 0 Å². The van der Waals surface area contributed by atoms with E-state index in [1.165, 1.54) is 9.75 Å². The largest absolute Gasteiger partial charge is 0.337 e. The van der Waals surface area contributed by atoms with Crippen LogP contribution in [0.15, 0.2) is 53.9 Å². The summed E-state index contributed by atoms with van der Waals surface area (Å²) in [5.41, 5.74) is 2.35. The number of nitrogens with zero attached hydrogens (tertiary/aromatic N) is 2. The van der Waals surface area contributed by atoms with Crippen LogP contribution in [-0.4, -0.2) is 9.97 Å². The van der Waals surface area contributed by atoms with Crippen molar-refractivity contribution in [2.24, 2.45) is 0 Å². The lowest BCUT2D eigenvalue weighted by molar-refractivity contribution is 1.27. The zero-order chi connectivity index (χ0) is 15.6. The van der Waals surface area contributed by atoms with Gasteiger partial charge in [-0.05, 0) is 41.8 Å². The number of hydrogen-bond donors (Lipinski definition) is 1. The van der Waals surface area contributed by atoms with Gasteiger partial charge in [-0.1, -0.05) is 18.2 Å². The first-order valence-electron chi connectivity index (χ1n) is 7.04. The number of aromatic nitrogens is 2. The Balaban J connectivity index is 1.72. The monoisotopic (exact) mass is 333 g/mol. The first-order valence-corrected chi connectivity index (χ1v) is 8.74. The van der Waals surface area contributed by atoms with E-state index in [0.29, 0.717) is 11.4 Å². The number of nitriles is 1. The Morgan fingerprint density at radius 1 is 1.09 bits per heavy atom. The third kappa shape index (κ3) is 2.70. The summed E-state index contributed by atoms with van der Waals surface area (Å²) in [6.07, 6.45) is 1.89. The number of allylic oxidation sites excluding steroid dienone is 1. The van der Waals surface area contributed by atoms with E-state index in [1.54, 1.807) is 22.7 Å². The highest BCUT2D eigenvalue weighted by Crippen LogP contribution is 2.33. The maximum Gasteiger partial charge on any atom is 0.149 e. The Kier molecular flexibility index (Phi) is 3.54. The zero-order valence-corrected chi connectivity index (χ0v) is 13.6. The zero-order valence-electron chi connectivity index (χ0n) is 12.0. The molecule has 4 rings (SSSR count). The molecule has 3 heterocycles. The predicted octanol–water partition coefficient (Wildman–Crippen LogP) is 5.42. The molecule has 0 radical (unpaired) electrons. The molecule has 3 nitrogen and oxygen atoms in total. The number of fused-ring (bicyclic) bond motifs is 1. The van der Waals surface area contributed by atoms with Crippen molar-refractivity contribution in [2.45, 2.75) is 0 Å². The fraction of sp³-hybridized carbons (Fsp3) is 0. The Hall–Kier alpha value is -2.68. The van der Waals surface area contributed by atoms with E-state index < -0.39 is 0 Å². The minimum atomic E-state index is 0.542. The molecular formula is C18H11N3S2. The number of thiophene rings is 2. The molecule has 4 aromatic rings. The molecule has 0 bridgehead atoms. The van der Waals surface area contributed by atoms with Gasteiger partial charge in [-0.2, -0.15) is 5.26 Å². The molecule has 0 saturated carbocycles. The lowest BCUT2D eigenvalue weighted by atomic mass is 10.2. The first kappa shape index (κ1) is 13.9. The van der Waals surface area contributed by atoms with Crippen LogP contribution in [0.25, 0.3) is 32.4 Å². The van der Waals surface area contributed by atoms with Crippen LogP contribution in [0.1, 0.15) is 10.7 Å². The minimum absolute atomic E-state index is 0.542. The Morgan fingerprint density at radius 3 is 2.78 bits per heavy atom.